The molecule has 0 saturated heterocycles. The molecule has 0 radical (unpaired) electrons. The first-order valence-corrected chi connectivity index (χ1v) is 5.60. The fourth-order valence-electron chi connectivity index (χ4n) is 1.53. The zero-order valence-corrected chi connectivity index (χ0v) is 8.96. The summed E-state index contributed by atoms with van der Waals surface area (Å²) in [6.07, 6.45) is 0.766. The summed E-state index contributed by atoms with van der Waals surface area (Å²) >= 11 is 1.66. The first-order valence-electron chi connectivity index (χ1n) is 4.66. The van der Waals surface area contributed by atoms with Gasteiger partial charge < -0.3 is 5.73 Å². The number of thiophene rings is 1. The molecule has 15 heavy (non-hydrogen) atoms. The minimum Gasteiger partial charge on any atom is -0.366 e. The average Bonchev–Trinajstić information content (AvgIpc) is 2.71. The summed E-state index contributed by atoms with van der Waals surface area (Å²) in [5, 5.41) is 4.11. The molecule has 0 aliphatic rings. The molecule has 0 unspecified atom stereocenters. The van der Waals surface area contributed by atoms with Gasteiger partial charge in [-0.25, -0.2) is 0 Å². The van der Waals surface area contributed by atoms with E-state index in [-0.39, 0.29) is 5.91 Å². The molecule has 76 valence electrons. The van der Waals surface area contributed by atoms with E-state index in [0.717, 1.165) is 12.0 Å². The lowest BCUT2D eigenvalue weighted by Crippen LogP contribution is -2.13. The number of amides is 1. The van der Waals surface area contributed by atoms with Crippen molar-refractivity contribution >= 4 is 17.2 Å². The third-order valence-corrected chi connectivity index (χ3v) is 2.99. The highest BCUT2D eigenvalue weighted by molar-refractivity contribution is 7.07. The SMILES string of the molecule is NC(=O)c1ccccc1Cc1ccsc1. The van der Waals surface area contributed by atoms with Crippen molar-refractivity contribution < 1.29 is 4.79 Å². The van der Waals surface area contributed by atoms with Gasteiger partial charge in [0, 0.05) is 5.56 Å². The van der Waals surface area contributed by atoms with Crippen LogP contribution in [-0.2, 0) is 6.42 Å². The monoisotopic (exact) mass is 217 g/mol. The number of hydrogen-bond donors (Lipinski definition) is 1. The van der Waals surface area contributed by atoms with Crippen LogP contribution in [0.15, 0.2) is 41.1 Å². The third-order valence-electron chi connectivity index (χ3n) is 2.26. The summed E-state index contributed by atoms with van der Waals surface area (Å²) in [4.78, 5) is 11.2. The average molecular weight is 217 g/mol. The number of hydrogen-bond acceptors (Lipinski definition) is 2. The Balaban J connectivity index is 2.32. The first-order chi connectivity index (χ1) is 7.27. The fraction of sp³-hybridized carbons (Fsp3) is 0.0833. The Morgan fingerprint density at radius 2 is 2.07 bits per heavy atom. The van der Waals surface area contributed by atoms with Gasteiger partial charge in [0.1, 0.15) is 0 Å². The molecule has 0 aliphatic heterocycles. The summed E-state index contributed by atoms with van der Waals surface area (Å²) in [6.45, 7) is 0. The Hall–Kier alpha value is -1.61. The molecule has 0 saturated carbocycles. The molecule has 0 spiro atoms. The van der Waals surface area contributed by atoms with E-state index in [4.69, 9.17) is 5.73 Å². The van der Waals surface area contributed by atoms with Crippen molar-refractivity contribution in [2.24, 2.45) is 5.73 Å². The van der Waals surface area contributed by atoms with Crippen LogP contribution < -0.4 is 5.73 Å². The highest BCUT2D eigenvalue weighted by Gasteiger charge is 2.07. The van der Waals surface area contributed by atoms with Crippen LogP contribution in [0, 0.1) is 0 Å². The summed E-state index contributed by atoms with van der Waals surface area (Å²) < 4.78 is 0. The topological polar surface area (TPSA) is 43.1 Å². The van der Waals surface area contributed by atoms with Gasteiger partial charge in [0.25, 0.3) is 0 Å². The van der Waals surface area contributed by atoms with E-state index in [9.17, 15) is 4.79 Å². The van der Waals surface area contributed by atoms with Crippen molar-refractivity contribution in [1.82, 2.24) is 0 Å². The molecule has 2 rings (SSSR count). The lowest BCUT2D eigenvalue weighted by atomic mass is 10.0. The highest BCUT2D eigenvalue weighted by Crippen LogP contribution is 2.15. The lowest BCUT2D eigenvalue weighted by Gasteiger charge is -2.04. The van der Waals surface area contributed by atoms with Crippen LogP contribution in [0.3, 0.4) is 0 Å². The number of carbonyl (C=O) groups excluding carboxylic acids is 1. The van der Waals surface area contributed by atoms with Crippen molar-refractivity contribution in [2.75, 3.05) is 0 Å². The Morgan fingerprint density at radius 1 is 1.27 bits per heavy atom. The molecule has 3 heteroatoms. The minimum atomic E-state index is -0.360. The van der Waals surface area contributed by atoms with Gasteiger partial charge in [0.05, 0.1) is 0 Å². The fourth-order valence-corrected chi connectivity index (χ4v) is 2.20. The van der Waals surface area contributed by atoms with E-state index in [1.807, 2.05) is 23.6 Å². The van der Waals surface area contributed by atoms with Gasteiger partial charge in [0.15, 0.2) is 0 Å². The maximum absolute atomic E-state index is 11.2. The van der Waals surface area contributed by atoms with Gasteiger partial charge in [-0.2, -0.15) is 11.3 Å². The molecular formula is C12H11NOS. The quantitative estimate of drug-likeness (QED) is 0.843. The summed E-state index contributed by atoms with van der Waals surface area (Å²) in [5.41, 5.74) is 8.13. The van der Waals surface area contributed by atoms with Crippen LogP contribution in [-0.4, -0.2) is 5.91 Å². The molecule has 2 N–H and O–H groups in total. The summed E-state index contributed by atoms with van der Waals surface area (Å²) in [6, 6.07) is 9.52. The molecule has 2 nitrogen and oxygen atoms in total. The van der Waals surface area contributed by atoms with Crippen molar-refractivity contribution in [3.8, 4) is 0 Å². The van der Waals surface area contributed by atoms with Crippen LogP contribution in [0.1, 0.15) is 21.5 Å². The number of rotatable bonds is 3. The molecule has 2 aromatic rings. The maximum atomic E-state index is 11.2. The van der Waals surface area contributed by atoms with Gasteiger partial charge in [-0.05, 0) is 40.4 Å². The smallest absolute Gasteiger partial charge is 0.248 e. The standard InChI is InChI=1S/C12H11NOS/c13-12(14)11-4-2-1-3-10(11)7-9-5-6-15-8-9/h1-6,8H,7H2,(H2,13,14). The third kappa shape index (κ3) is 2.25. The van der Waals surface area contributed by atoms with E-state index < -0.39 is 0 Å². The van der Waals surface area contributed by atoms with Crippen molar-refractivity contribution in [3.63, 3.8) is 0 Å². The van der Waals surface area contributed by atoms with E-state index >= 15 is 0 Å². The van der Waals surface area contributed by atoms with Gasteiger partial charge >= 0.3 is 0 Å². The predicted octanol–water partition coefficient (Wildman–Crippen LogP) is 2.44. The van der Waals surface area contributed by atoms with Gasteiger partial charge in [-0.1, -0.05) is 18.2 Å². The Morgan fingerprint density at radius 3 is 2.73 bits per heavy atom. The van der Waals surface area contributed by atoms with Crippen molar-refractivity contribution in [2.45, 2.75) is 6.42 Å². The lowest BCUT2D eigenvalue weighted by molar-refractivity contribution is 0.0999. The molecule has 1 aromatic heterocycles. The second-order valence-electron chi connectivity index (χ2n) is 3.33. The maximum Gasteiger partial charge on any atom is 0.248 e. The van der Waals surface area contributed by atoms with E-state index in [0.29, 0.717) is 5.56 Å². The summed E-state index contributed by atoms with van der Waals surface area (Å²) in [5.74, 6) is -0.360. The highest BCUT2D eigenvalue weighted by atomic mass is 32.1. The van der Waals surface area contributed by atoms with Gasteiger partial charge in [-0.3, -0.25) is 4.79 Å². The van der Waals surface area contributed by atoms with Crippen LogP contribution >= 0.6 is 11.3 Å². The van der Waals surface area contributed by atoms with Crippen LogP contribution in [0.4, 0.5) is 0 Å². The molecule has 0 fully saturated rings. The molecule has 0 aliphatic carbocycles. The largest absolute Gasteiger partial charge is 0.366 e. The van der Waals surface area contributed by atoms with Crippen LogP contribution in [0.2, 0.25) is 0 Å². The normalized spacial score (nSPS) is 10.1. The second-order valence-corrected chi connectivity index (χ2v) is 4.11. The van der Waals surface area contributed by atoms with Crippen LogP contribution in [0.5, 0.6) is 0 Å². The molecule has 1 aromatic carbocycles. The van der Waals surface area contributed by atoms with Crippen molar-refractivity contribution in [3.05, 3.63) is 57.8 Å². The number of carbonyl (C=O) groups is 1. The summed E-state index contributed by atoms with van der Waals surface area (Å²) in [7, 11) is 0. The Labute approximate surface area is 92.4 Å². The molecule has 1 heterocycles. The molecule has 0 atom stereocenters. The van der Waals surface area contributed by atoms with Gasteiger partial charge in [-0.15, -0.1) is 0 Å². The molecular weight excluding hydrogens is 206 g/mol. The predicted molar refractivity (Wildman–Crippen MR) is 62.1 cm³/mol. The number of primary amides is 1. The first kappa shape index (κ1) is 9.93. The van der Waals surface area contributed by atoms with E-state index in [1.54, 1.807) is 17.4 Å². The van der Waals surface area contributed by atoms with Gasteiger partial charge in [0.2, 0.25) is 5.91 Å². The molecule has 1 amide bonds. The van der Waals surface area contributed by atoms with E-state index in [1.165, 1.54) is 5.56 Å². The number of benzene rings is 1. The zero-order chi connectivity index (χ0) is 10.7. The Bertz CT molecular complexity index is 462. The Kier molecular flexibility index (Phi) is 2.83. The molecule has 0 bridgehead atoms. The number of nitrogens with two attached hydrogens (primary N) is 1. The van der Waals surface area contributed by atoms with E-state index in [2.05, 4.69) is 11.4 Å². The minimum absolute atomic E-state index is 0.360. The second kappa shape index (κ2) is 4.28. The van der Waals surface area contributed by atoms with Crippen molar-refractivity contribution in [1.29, 1.82) is 0 Å². The van der Waals surface area contributed by atoms with Crippen LogP contribution in [0.25, 0.3) is 0 Å². The zero-order valence-electron chi connectivity index (χ0n) is 8.14.